The molecule has 0 amide bonds. The Balaban J connectivity index is 2.62. The van der Waals surface area contributed by atoms with Crippen molar-refractivity contribution < 1.29 is 4.74 Å². The van der Waals surface area contributed by atoms with Crippen molar-refractivity contribution in [2.75, 3.05) is 7.11 Å². The highest BCUT2D eigenvalue weighted by molar-refractivity contribution is 5.76. The fraction of sp³-hybridized carbons (Fsp3) is 0.412. The standard InChI is InChI=1S/C17H22O/c1-12-10-14(13-8-6-7-9-13)16(18-5)15(11-12)17(2,3)4/h6-8,10-11H,9H2,1-5H3. The smallest absolute Gasteiger partial charge is 0.130 e. The minimum Gasteiger partial charge on any atom is -0.496 e. The molecule has 1 heteroatoms. The third-order valence-corrected chi connectivity index (χ3v) is 3.36. The van der Waals surface area contributed by atoms with Crippen LogP contribution in [-0.4, -0.2) is 7.11 Å². The van der Waals surface area contributed by atoms with Gasteiger partial charge in [0.25, 0.3) is 0 Å². The zero-order chi connectivity index (χ0) is 13.3. The number of hydrogen-bond acceptors (Lipinski definition) is 1. The van der Waals surface area contributed by atoms with Gasteiger partial charge in [0.05, 0.1) is 7.11 Å². The van der Waals surface area contributed by atoms with Gasteiger partial charge >= 0.3 is 0 Å². The van der Waals surface area contributed by atoms with Gasteiger partial charge in [-0.25, -0.2) is 0 Å². The predicted molar refractivity (Wildman–Crippen MR) is 78.2 cm³/mol. The highest BCUT2D eigenvalue weighted by Crippen LogP contribution is 2.39. The lowest BCUT2D eigenvalue weighted by atomic mass is 9.83. The summed E-state index contributed by atoms with van der Waals surface area (Å²) in [5.74, 6) is 1.03. The van der Waals surface area contributed by atoms with E-state index in [2.05, 4.69) is 58.1 Å². The average molecular weight is 242 g/mol. The number of aryl methyl sites for hydroxylation is 1. The SMILES string of the molecule is COc1c(C2=CC=CC2)cc(C)cc1C(C)(C)C. The molecule has 0 unspecified atom stereocenters. The molecular formula is C17H22O. The van der Waals surface area contributed by atoms with E-state index in [0.717, 1.165) is 12.2 Å². The second-order valence-electron chi connectivity index (χ2n) is 5.97. The molecular weight excluding hydrogens is 220 g/mol. The third kappa shape index (κ3) is 2.35. The van der Waals surface area contributed by atoms with Crippen molar-refractivity contribution in [2.24, 2.45) is 0 Å². The molecule has 0 aliphatic heterocycles. The molecule has 0 heterocycles. The summed E-state index contributed by atoms with van der Waals surface area (Å²) < 4.78 is 5.70. The lowest BCUT2D eigenvalue weighted by Gasteiger charge is -2.25. The fourth-order valence-corrected chi connectivity index (χ4v) is 2.44. The van der Waals surface area contributed by atoms with Crippen LogP contribution >= 0.6 is 0 Å². The monoisotopic (exact) mass is 242 g/mol. The second-order valence-corrected chi connectivity index (χ2v) is 5.97. The van der Waals surface area contributed by atoms with Crippen LogP contribution in [0.25, 0.3) is 5.57 Å². The number of ether oxygens (including phenoxy) is 1. The van der Waals surface area contributed by atoms with Crippen molar-refractivity contribution in [3.63, 3.8) is 0 Å². The van der Waals surface area contributed by atoms with Gasteiger partial charge in [-0.3, -0.25) is 0 Å². The Morgan fingerprint density at radius 3 is 2.39 bits per heavy atom. The molecule has 0 atom stereocenters. The van der Waals surface area contributed by atoms with Gasteiger partial charge in [0.2, 0.25) is 0 Å². The van der Waals surface area contributed by atoms with Crippen molar-refractivity contribution in [1.82, 2.24) is 0 Å². The highest BCUT2D eigenvalue weighted by Gasteiger charge is 2.23. The number of rotatable bonds is 2. The Labute approximate surface area is 110 Å². The molecule has 0 bridgehead atoms. The maximum absolute atomic E-state index is 5.70. The van der Waals surface area contributed by atoms with Crippen LogP contribution in [0, 0.1) is 6.92 Å². The largest absolute Gasteiger partial charge is 0.496 e. The lowest BCUT2D eigenvalue weighted by Crippen LogP contribution is -2.14. The molecule has 0 saturated heterocycles. The van der Waals surface area contributed by atoms with Crippen molar-refractivity contribution in [2.45, 2.75) is 39.5 Å². The minimum atomic E-state index is 0.0959. The minimum absolute atomic E-state index is 0.0959. The second kappa shape index (κ2) is 4.64. The van der Waals surface area contributed by atoms with Gasteiger partial charge in [-0.05, 0) is 36.0 Å². The van der Waals surface area contributed by atoms with Crippen LogP contribution in [-0.2, 0) is 5.41 Å². The summed E-state index contributed by atoms with van der Waals surface area (Å²) in [7, 11) is 1.77. The van der Waals surface area contributed by atoms with Crippen LogP contribution in [0.15, 0.2) is 30.4 Å². The van der Waals surface area contributed by atoms with Crippen LogP contribution in [0.2, 0.25) is 0 Å². The van der Waals surface area contributed by atoms with Gasteiger partial charge in [0, 0.05) is 11.1 Å². The number of benzene rings is 1. The first kappa shape index (κ1) is 12.9. The van der Waals surface area contributed by atoms with Gasteiger partial charge < -0.3 is 4.74 Å². The molecule has 0 aromatic heterocycles. The summed E-state index contributed by atoms with van der Waals surface area (Å²) in [6.07, 6.45) is 7.49. The summed E-state index contributed by atoms with van der Waals surface area (Å²) in [6, 6.07) is 4.47. The van der Waals surface area contributed by atoms with Gasteiger partial charge in [-0.1, -0.05) is 45.1 Å². The Morgan fingerprint density at radius 2 is 1.89 bits per heavy atom. The van der Waals surface area contributed by atoms with Crippen molar-refractivity contribution in [3.8, 4) is 5.75 Å². The van der Waals surface area contributed by atoms with Crippen molar-refractivity contribution in [3.05, 3.63) is 47.1 Å². The van der Waals surface area contributed by atoms with Gasteiger partial charge in [0.15, 0.2) is 0 Å². The van der Waals surface area contributed by atoms with Crippen LogP contribution in [0.5, 0.6) is 5.75 Å². The van der Waals surface area contributed by atoms with E-state index in [1.54, 1.807) is 7.11 Å². The maximum atomic E-state index is 5.70. The third-order valence-electron chi connectivity index (χ3n) is 3.36. The number of hydrogen-bond donors (Lipinski definition) is 0. The van der Waals surface area contributed by atoms with Gasteiger partial charge in [0.1, 0.15) is 5.75 Å². The molecule has 96 valence electrons. The van der Waals surface area contributed by atoms with Crippen LogP contribution in [0.1, 0.15) is 43.9 Å². The van der Waals surface area contributed by atoms with E-state index < -0.39 is 0 Å². The number of methoxy groups -OCH3 is 1. The first-order chi connectivity index (χ1) is 8.43. The highest BCUT2D eigenvalue weighted by atomic mass is 16.5. The van der Waals surface area contributed by atoms with Crippen LogP contribution in [0.3, 0.4) is 0 Å². The summed E-state index contributed by atoms with van der Waals surface area (Å²) in [5.41, 5.74) is 5.27. The first-order valence-electron chi connectivity index (χ1n) is 6.48. The molecule has 1 aliphatic carbocycles. The Morgan fingerprint density at radius 1 is 1.17 bits per heavy atom. The summed E-state index contributed by atoms with van der Waals surface area (Å²) in [6.45, 7) is 8.85. The zero-order valence-corrected chi connectivity index (χ0v) is 12.0. The molecule has 0 spiro atoms. The summed E-state index contributed by atoms with van der Waals surface area (Å²) in [4.78, 5) is 0. The van der Waals surface area contributed by atoms with E-state index in [0.29, 0.717) is 0 Å². The zero-order valence-electron chi connectivity index (χ0n) is 12.0. The molecule has 0 N–H and O–H groups in total. The van der Waals surface area contributed by atoms with E-state index in [1.807, 2.05) is 0 Å². The van der Waals surface area contributed by atoms with Gasteiger partial charge in [-0.15, -0.1) is 0 Å². The fourth-order valence-electron chi connectivity index (χ4n) is 2.44. The molecule has 1 aromatic carbocycles. The lowest BCUT2D eigenvalue weighted by molar-refractivity contribution is 0.396. The Bertz CT molecular complexity index is 513. The molecule has 1 aliphatic rings. The normalized spacial score (nSPS) is 14.8. The molecule has 0 fully saturated rings. The van der Waals surface area contributed by atoms with E-state index in [1.165, 1.54) is 22.3 Å². The van der Waals surface area contributed by atoms with E-state index in [9.17, 15) is 0 Å². The van der Waals surface area contributed by atoms with Crippen LogP contribution < -0.4 is 4.74 Å². The van der Waals surface area contributed by atoms with E-state index >= 15 is 0 Å². The van der Waals surface area contributed by atoms with Crippen molar-refractivity contribution >= 4 is 5.57 Å². The molecule has 0 radical (unpaired) electrons. The molecule has 1 aromatic rings. The number of allylic oxidation sites excluding steroid dienone is 4. The summed E-state index contributed by atoms with van der Waals surface area (Å²) >= 11 is 0. The van der Waals surface area contributed by atoms with Crippen LogP contribution in [0.4, 0.5) is 0 Å². The van der Waals surface area contributed by atoms with E-state index in [4.69, 9.17) is 4.74 Å². The predicted octanol–water partition coefficient (Wildman–Crippen LogP) is 4.64. The topological polar surface area (TPSA) is 9.23 Å². The Kier molecular flexibility index (Phi) is 3.34. The van der Waals surface area contributed by atoms with Crippen molar-refractivity contribution in [1.29, 1.82) is 0 Å². The average Bonchev–Trinajstić information content (AvgIpc) is 2.80. The quantitative estimate of drug-likeness (QED) is 0.734. The first-order valence-corrected chi connectivity index (χ1v) is 6.48. The molecule has 0 saturated carbocycles. The van der Waals surface area contributed by atoms with Gasteiger partial charge in [-0.2, -0.15) is 0 Å². The van der Waals surface area contributed by atoms with E-state index in [-0.39, 0.29) is 5.41 Å². The Hall–Kier alpha value is -1.50. The summed E-state index contributed by atoms with van der Waals surface area (Å²) in [5, 5.41) is 0. The molecule has 18 heavy (non-hydrogen) atoms. The maximum Gasteiger partial charge on any atom is 0.130 e. The molecule has 2 rings (SSSR count). The molecule has 1 nitrogen and oxygen atoms in total.